The second-order valence-electron chi connectivity index (χ2n) is 8.68. The first-order valence-electron chi connectivity index (χ1n) is 11.7. The van der Waals surface area contributed by atoms with Crippen LogP contribution < -0.4 is 5.32 Å². The van der Waals surface area contributed by atoms with Gasteiger partial charge in [0.2, 0.25) is 0 Å². The first-order chi connectivity index (χ1) is 17.5. The van der Waals surface area contributed by atoms with Crippen LogP contribution in [0.15, 0.2) is 97.6 Å². The van der Waals surface area contributed by atoms with Gasteiger partial charge >= 0.3 is 0 Å². The van der Waals surface area contributed by atoms with Gasteiger partial charge < -0.3 is 5.32 Å². The second-order valence-corrected chi connectivity index (χ2v) is 8.68. The van der Waals surface area contributed by atoms with E-state index >= 15 is 0 Å². The molecule has 0 bridgehead atoms. The minimum absolute atomic E-state index is 0.0706. The van der Waals surface area contributed by atoms with Crippen LogP contribution in [0.1, 0.15) is 27.0 Å². The van der Waals surface area contributed by atoms with Crippen LogP contribution in [0.25, 0.3) is 22.6 Å². The normalized spacial score (nSPS) is 10.7. The fourth-order valence-electron chi connectivity index (χ4n) is 3.99. The Bertz CT molecular complexity index is 1460. The van der Waals surface area contributed by atoms with Crippen molar-refractivity contribution in [3.05, 3.63) is 120 Å². The zero-order valence-electron chi connectivity index (χ0n) is 20.1. The molecule has 176 valence electrons. The van der Waals surface area contributed by atoms with Crippen molar-refractivity contribution in [3.8, 4) is 22.6 Å². The minimum Gasteiger partial charge on any atom is -0.340 e. The van der Waals surface area contributed by atoms with Gasteiger partial charge in [-0.15, -0.1) is 0 Å². The summed E-state index contributed by atoms with van der Waals surface area (Å²) < 4.78 is 0. The molecule has 0 saturated carbocycles. The van der Waals surface area contributed by atoms with Crippen molar-refractivity contribution >= 4 is 17.3 Å². The van der Waals surface area contributed by atoms with Gasteiger partial charge in [-0.25, -0.2) is 9.97 Å². The summed E-state index contributed by atoms with van der Waals surface area (Å²) in [5, 5.41) is 3.43. The number of aryl methyl sites for hydroxylation is 2. The number of pyridine rings is 2. The fourth-order valence-corrected chi connectivity index (χ4v) is 3.99. The Morgan fingerprint density at radius 1 is 0.778 bits per heavy atom. The highest BCUT2D eigenvalue weighted by Gasteiger charge is 2.13. The van der Waals surface area contributed by atoms with Crippen molar-refractivity contribution in [2.24, 2.45) is 0 Å². The fraction of sp³-hybridized carbons (Fsp3) is 0.100. The number of carbonyl (C=O) groups excluding carboxylic acids is 1. The van der Waals surface area contributed by atoms with Crippen LogP contribution in [0.4, 0.5) is 11.5 Å². The number of benzene rings is 2. The van der Waals surface area contributed by atoms with Crippen LogP contribution in [0.5, 0.6) is 0 Å². The maximum atomic E-state index is 13.1. The van der Waals surface area contributed by atoms with Crippen LogP contribution in [0, 0.1) is 13.8 Å². The number of carbonyl (C=O) groups is 1. The lowest BCUT2D eigenvalue weighted by atomic mass is 10.00. The van der Waals surface area contributed by atoms with E-state index in [-0.39, 0.29) is 5.78 Å². The Balaban J connectivity index is 1.48. The summed E-state index contributed by atoms with van der Waals surface area (Å²) in [5.41, 5.74) is 7.21. The van der Waals surface area contributed by atoms with Crippen molar-refractivity contribution in [1.82, 2.24) is 19.9 Å². The van der Waals surface area contributed by atoms with Gasteiger partial charge in [0.1, 0.15) is 5.82 Å². The summed E-state index contributed by atoms with van der Waals surface area (Å²) in [4.78, 5) is 30.8. The standard InChI is InChI=1S/C30H25N5O/c1-20-4-3-5-22(16-20)17-28(36)25-7-6-21(2)26(18-25)33-29-19-27(23-8-12-31-13-9-23)34-30(35-29)24-10-14-32-15-11-24/h3-16,18-19H,17H2,1-2H3,(H,33,34,35). The summed E-state index contributed by atoms with van der Waals surface area (Å²) in [6, 6.07) is 23.3. The van der Waals surface area contributed by atoms with Crippen LogP contribution >= 0.6 is 0 Å². The minimum atomic E-state index is 0.0706. The van der Waals surface area contributed by atoms with Crippen molar-refractivity contribution in [3.63, 3.8) is 0 Å². The predicted octanol–water partition coefficient (Wildman–Crippen LogP) is 6.39. The molecular weight excluding hydrogens is 446 g/mol. The molecule has 0 fully saturated rings. The predicted molar refractivity (Wildman–Crippen MR) is 142 cm³/mol. The Labute approximate surface area is 210 Å². The maximum absolute atomic E-state index is 13.1. The van der Waals surface area contributed by atoms with E-state index in [1.807, 2.05) is 86.6 Å². The molecule has 5 aromatic rings. The van der Waals surface area contributed by atoms with Gasteiger partial charge in [-0.1, -0.05) is 42.0 Å². The zero-order chi connectivity index (χ0) is 24.9. The number of rotatable bonds is 7. The third-order valence-electron chi connectivity index (χ3n) is 5.91. The number of nitrogens with zero attached hydrogens (tertiary/aromatic N) is 4. The number of anilines is 2. The third kappa shape index (κ3) is 5.33. The lowest BCUT2D eigenvalue weighted by molar-refractivity contribution is 0.0993. The van der Waals surface area contributed by atoms with Crippen molar-refractivity contribution in [2.45, 2.75) is 20.3 Å². The van der Waals surface area contributed by atoms with Crippen molar-refractivity contribution in [1.29, 1.82) is 0 Å². The molecule has 0 atom stereocenters. The lowest BCUT2D eigenvalue weighted by Crippen LogP contribution is -2.06. The van der Waals surface area contributed by atoms with E-state index in [9.17, 15) is 4.79 Å². The smallest absolute Gasteiger partial charge is 0.167 e. The Morgan fingerprint density at radius 2 is 1.50 bits per heavy atom. The molecule has 6 heteroatoms. The van der Waals surface area contributed by atoms with E-state index < -0.39 is 0 Å². The molecular formula is C30H25N5O. The maximum Gasteiger partial charge on any atom is 0.167 e. The molecule has 36 heavy (non-hydrogen) atoms. The average Bonchev–Trinajstić information content (AvgIpc) is 2.91. The van der Waals surface area contributed by atoms with Gasteiger partial charge in [0.05, 0.1) is 5.69 Å². The van der Waals surface area contributed by atoms with Gasteiger partial charge in [0, 0.05) is 59.7 Å². The van der Waals surface area contributed by atoms with E-state index in [0.717, 1.165) is 39.2 Å². The average molecular weight is 472 g/mol. The molecule has 6 nitrogen and oxygen atoms in total. The van der Waals surface area contributed by atoms with E-state index in [0.29, 0.717) is 23.6 Å². The van der Waals surface area contributed by atoms with Gasteiger partial charge in [-0.3, -0.25) is 14.8 Å². The van der Waals surface area contributed by atoms with Gasteiger partial charge in [0.25, 0.3) is 0 Å². The molecule has 3 heterocycles. The SMILES string of the molecule is Cc1cccc(CC(=O)c2ccc(C)c(Nc3cc(-c4ccncc4)nc(-c4ccncc4)n3)c2)c1. The molecule has 3 aromatic heterocycles. The monoisotopic (exact) mass is 471 g/mol. The quantitative estimate of drug-likeness (QED) is 0.277. The molecule has 0 spiro atoms. The van der Waals surface area contributed by atoms with Crippen LogP contribution in [-0.4, -0.2) is 25.7 Å². The largest absolute Gasteiger partial charge is 0.340 e. The molecule has 0 amide bonds. The van der Waals surface area contributed by atoms with E-state index in [1.54, 1.807) is 24.8 Å². The summed E-state index contributed by atoms with van der Waals surface area (Å²) in [6.45, 7) is 4.04. The lowest BCUT2D eigenvalue weighted by Gasteiger charge is -2.13. The highest BCUT2D eigenvalue weighted by molar-refractivity contribution is 5.98. The molecule has 0 unspecified atom stereocenters. The molecule has 0 aliphatic rings. The molecule has 0 aliphatic carbocycles. The highest BCUT2D eigenvalue weighted by atomic mass is 16.1. The Kier molecular flexibility index (Phi) is 6.58. The summed E-state index contributed by atoms with van der Waals surface area (Å²) in [5.74, 6) is 1.29. The first kappa shape index (κ1) is 23.1. The first-order valence-corrected chi connectivity index (χ1v) is 11.7. The summed E-state index contributed by atoms with van der Waals surface area (Å²) in [6.07, 6.45) is 7.28. The number of hydrogen-bond acceptors (Lipinski definition) is 6. The van der Waals surface area contributed by atoms with E-state index in [1.165, 1.54) is 0 Å². The number of ketones is 1. The van der Waals surface area contributed by atoms with Crippen LogP contribution in [0.2, 0.25) is 0 Å². The molecule has 0 aliphatic heterocycles. The number of nitrogens with one attached hydrogen (secondary N) is 1. The summed E-state index contributed by atoms with van der Waals surface area (Å²) in [7, 11) is 0. The van der Waals surface area contributed by atoms with Gasteiger partial charge in [-0.2, -0.15) is 0 Å². The zero-order valence-corrected chi connectivity index (χ0v) is 20.1. The Morgan fingerprint density at radius 3 is 2.22 bits per heavy atom. The highest BCUT2D eigenvalue weighted by Crippen LogP contribution is 2.27. The van der Waals surface area contributed by atoms with E-state index in [4.69, 9.17) is 9.97 Å². The molecule has 2 aromatic carbocycles. The number of aromatic nitrogens is 4. The third-order valence-corrected chi connectivity index (χ3v) is 5.91. The molecule has 0 saturated heterocycles. The molecule has 5 rings (SSSR count). The molecule has 1 N–H and O–H groups in total. The van der Waals surface area contributed by atoms with Crippen molar-refractivity contribution in [2.75, 3.05) is 5.32 Å². The van der Waals surface area contributed by atoms with Crippen molar-refractivity contribution < 1.29 is 4.79 Å². The topological polar surface area (TPSA) is 80.7 Å². The van der Waals surface area contributed by atoms with Crippen LogP contribution in [0.3, 0.4) is 0 Å². The molecule has 0 radical (unpaired) electrons. The number of Topliss-reactive ketones (excluding diaryl/α,β-unsaturated/α-hetero) is 1. The van der Waals surface area contributed by atoms with Gasteiger partial charge in [-0.05, 0) is 55.3 Å². The summed E-state index contributed by atoms with van der Waals surface area (Å²) >= 11 is 0. The second kappa shape index (κ2) is 10.3. The van der Waals surface area contributed by atoms with Gasteiger partial charge in [0.15, 0.2) is 11.6 Å². The number of hydrogen-bond donors (Lipinski definition) is 1. The van der Waals surface area contributed by atoms with E-state index in [2.05, 4.69) is 15.3 Å². The Hall–Kier alpha value is -4.71. The van der Waals surface area contributed by atoms with Crippen LogP contribution in [-0.2, 0) is 6.42 Å².